The molecule has 7 aromatic rings. The first-order valence-electron chi connectivity index (χ1n) is 17.8. The molecule has 9 rings (SSSR count). The summed E-state index contributed by atoms with van der Waals surface area (Å²) in [5.74, 6) is 0. The summed E-state index contributed by atoms with van der Waals surface area (Å²) in [7, 11) is 0. The van der Waals surface area contributed by atoms with Crippen LogP contribution in [0.3, 0.4) is 0 Å². The van der Waals surface area contributed by atoms with Gasteiger partial charge in [-0.25, -0.2) is 9.97 Å². The molecule has 1 radical (unpaired) electrons. The first kappa shape index (κ1) is 34.1. The van der Waals surface area contributed by atoms with Gasteiger partial charge in [-0.15, -0.1) is 0 Å². The second kappa shape index (κ2) is 13.8. The second-order valence-corrected chi connectivity index (χ2v) is 14.0. The molecule has 5 heteroatoms. The molecule has 0 unspecified atom stereocenters. The summed E-state index contributed by atoms with van der Waals surface area (Å²) in [5, 5.41) is 0. The summed E-state index contributed by atoms with van der Waals surface area (Å²) >= 11 is 0. The zero-order valence-electron chi connectivity index (χ0n) is 30.1. The summed E-state index contributed by atoms with van der Waals surface area (Å²) in [5.41, 5.74) is 21.1. The molecule has 8 bridgehead atoms. The monoisotopic (exact) mass is 729 g/mol. The molecule has 0 spiro atoms. The molecule has 53 heavy (non-hydrogen) atoms. The molecule has 4 aromatic carbocycles. The molecule has 2 N–H and O–H groups in total. The van der Waals surface area contributed by atoms with Crippen molar-refractivity contribution in [2.75, 3.05) is 0 Å². The number of aromatic amines is 2. The van der Waals surface area contributed by atoms with Gasteiger partial charge >= 0.3 is 0 Å². The van der Waals surface area contributed by atoms with Crippen molar-refractivity contribution in [2.24, 2.45) is 0 Å². The van der Waals surface area contributed by atoms with E-state index in [-0.39, 0.29) is 16.8 Å². The fourth-order valence-electron chi connectivity index (χ4n) is 7.30. The third kappa shape index (κ3) is 6.39. The Morgan fingerprint density at radius 3 is 0.717 bits per heavy atom. The standard InChI is InChI=1S/C48H38N4.Co/c1-29-5-13-33(14-6-29)45-37-21-23-39(49-37)46(34-15-7-30(2)8-16-34)41-25-27-43(51-41)48(36-19-11-32(4)12-20-36)44-28-26-42(52-44)47(40-24-22-38(45)50-40)35-17-9-31(3)10-18-35;/h5-28,49,52H,1-4H3;. The molecule has 2 aliphatic rings. The van der Waals surface area contributed by atoms with E-state index in [0.717, 1.165) is 89.4 Å². The smallest absolute Gasteiger partial charge is 0.0737 e. The van der Waals surface area contributed by atoms with Crippen LogP contribution in [0.25, 0.3) is 90.9 Å². The van der Waals surface area contributed by atoms with Crippen LogP contribution in [0.5, 0.6) is 0 Å². The third-order valence-corrected chi connectivity index (χ3v) is 10.1. The Morgan fingerprint density at radius 1 is 0.302 bits per heavy atom. The van der Waals surface area contributed by atoms with Crippen LogP contribution in [0.15, 0.2) is 121 Å². The number of nitrogens with zero attached hydrogens (tertiary/aromatic N) is 2. The van der Waals surface area contributed by atoms with Gasteiger partial charge in [0.15, 0.2) is 0 Å². The molecule has 0 amide bonds. The Balaban J connectivity index is 0.00000400. The Kier molecular flexibility index (Phi) is 8.91. The summed E-state index contributed by atoms with van der Waals surface area (Å²) in [6.07, 6.45) is 8.61. The van der Waals surface area contributed by atoms with E-state index in [1.165, 1.54) is 22.3 Å². The summed E-state index contributed by atoms with van der Waals surface area (Å²) < 4.78 is 0. The molecule has 0 aliphatic carbocycles. The Hall–Kier alpha value is -6.01. The molecule has 4 nitrogen and oxygen atoms in total. The van der Waals surface area contributed by atoms with E-state index in [0.29, 0.717) is 0 Å². The molecule has 0 fully saturated rings. The van der Waals surface area contributed by atoms with E-state index < -0.39 is 0 Å². The minimum Gasteiger partial charge on any atom is -0.354 e. The second-order valence-electron chi connectivity index (χ2n) is 14.0. The molecule has 0 saturated heterocycles. The molecule has 5 heterocycles. The minimum absolute atomic E-state index is 0. The van der Waals surface area contributed by atoms with Gasteiger partial charge < -0.3 is 9.97 Å². The van der Waals surface area contributed by atoms with E-state index in [9.17, 15) is 0 Å². The quantitative estimate of drug-likeness (QED) is 0.189. The van der Waals surface area contributed by atoms with Crippen LogP contribution in [-0.4, -0.2) is 19.9 Å². The number of hydrogen-bond donors (Lipinski definition) is 2. The molecule has 2 aliphatic heterocycles. The predicted octanol–water partition coefficient (Wildman–Crippen LogP) is 12.6. The fraction of sp³-hybridized carbons (Fsp3) is 0.0833. The van der Waals surface area contributed by atoms with E-state index in [2.05, 4.69) is 183 Å². The minimum atomic E-state index is 0. The van der Waals surface area contributed by atoms with Crippen molar-refractivity contribution in [2.45, 2.75) is 27.7 Å². The maximum Gasteiger partial charge on any atom is 0.0737 e. The molecular weight excluding hydrogens is 691 g/mol. The maximum atomic E-state index is 5.41. The average molecular weight is 730 g/mol. The molecular formula is C48H38CoN4. The van der Waals surface area contributed by atoms with Crippen molar-refractivity contribution in [3.8, 4) is 44.5 Å². The number of H-pyrrole nitrogens is 2. The van der Waals surface area contributed by atoms with Crippen molar-refractivity contribution >= 4 is 46.4 Å². The van der Waals surface area contributed by atoms with Crippen LogP contribution in [0.2, 0.25) is 0 Å². The average Bonchev–Trinajstić information content (AvgIpc) is 3.99. The number of aromatic nitrogens is 4. The number of hydrogen-bond acceptors (Lipinski definition) is 2. The summed E-state index contributed by atoms with van der Waals surface area (Å²) in [6, 6.07) is 43.6. The fourth-order valence-corrected chi connectivity index (χ4v) is 7.30. The predicted molar refractivity (Wildman–Crippen MR) is 220 cm³/mol. The Bertz CT molecular complexity index is 2350. The van der Waals surface area contributed by atoms with Gasteiger partial charge in [0.1, 0.15) is 0 Å². The van der Waals surface area contributed by atoms with Gasteiger partial charge in [0, 0.05) is 61.1 Å². The van der Waals surface area contributed by atoms with Crippen LogP contribution in [0.1, 0.15) is 45.0 Å². The first-order valence-corrected chi connectivity index (χ1v) is 17.8. The van der Waals surface area contributed by atoms with Crippen LogP contribution < -0.4 is 0 Å². The van der Waals surface area contributed by atoms with Crippen LogP contribution in [0.4, 0.5) is 0 Å². The van der Waals surface area contributed by atoms with Gasteiger partial charge in [-0.2, -0.15) is 0 Å². The van der Waals surface area contributed by atoms with E-state index in [1.54, 1.807) is 0 Å². The Labute approximate surface area is 320 Å². The maximum absolute atomic E-state index is 5.41. The van der Waals surface area contributed by atoms with Crippen molar-refractivity contribution < 1.29 is 16.8 Å². The van der Waals surface area contributed by atoms with Gasteiger partial charge in [-0.05, 0) is 98.5 Å². The van der Waals surface area contributed by atoms with Gasteiger partial charge in [0.05, 0.1) is 22.8 Å². The van der Waals surface area contributed by atoms with E-state index >= 15 is 0 Å². The van der Waals surface area contributed by atoms with Crippen molar-refractivity contribution in [3.63, 3.8) is 0 Å². The Morgan fingerprint density at radius 2 is 0.509 bits per heavy atom. The van der Waals surface area contributed by atoms with Crippen LogP contribution >= 0.6 is 0 Å². The van der Waals surface area contributed by atoms with Crippen molar-refractivity contribution in [1.82, 2.24) is 19.9 Å². The van der Waals surface area contributed by atoms with Crippen LogP contribution in [0, 0.1) is 27.7 Å². The van der Waals surface area contributed by atoms with Crippen molar-refractivity contribution in [3.05, 3.63) is 166 Å². The summed E-state index contributed by atoms with van der Waals surface area (Å²) in [6.45, 7) is 8.49. The largest absolute Gasteiger partial charge is 0.354 e. The number of aryl methyl sites for hydroxylation is 4. The van der Waals surface area contributed by atoms with Crippen LogP contribution in [-0.2, 0) is 16.8 Å². The summed E-state index contributed by atoms with van der Waals surface area (Å²) in [4.78, 5) is 18.5. The number of rotatable bonds is 4. The first-order chi connectivity index (χ1) is 25.4. The molecule has 3 aromatic heterocycles. The molecule has 259 valence electrons. The van der Waals surface area contributed by atoms with Gasteiger partial charge in [-0.3, -0.25) is 0 Å². The van der Waals surface area contributed by atoms with Gasteiger partial charge in [0.25, 0.3) is 0 Å². The zero-order chi connectivity index (χ0) is 35.3. The van der Waals surface area contributed by atoms with Gasteiger partial charge in [-0.1, -0.05) is 119 Å². The van der Waals surface area contributed by atoms with E-state index in [1.807, 2.05) is 0 Å². The molecule has 0 atom stereocenters. The molecule has 0 saturated carbocycles. The zero-order valence-corrected chi connectivity index (χ0v) is 31.1. The van der Waals surface area contributed by atoms with Gasteiger partial charge in [0.2, 0.25) is 0 Å². The topological polar surface area (TPSA) is 57.4 Å². The van der Waals surface area contributed by atoms with E-state index in [4.69, 9.17) is 9.97 Å². The SMILES string of the molecule is Cc1ccc(-c2c3nc(c(-c4ccc(C)cc4)c4ccc([nH]4)c(-c4ccc(C)cc4)c4nc(c(-c5ccc(C)cc5)c5ccc2[nH]5)C=C4)C=C3)cc1.[Co]. The van der Waals surface area contributed by atoms with Crippen molar-refractivity contribution in [1.29, 1.82) is 0 Å². The number of fused-ring (bicyclic) bond motifs is 8. The number of nitrogens with one attached hydrogen (secondary N) is 2. The number of benzene rings is 4. The normalized spacial score (nSPS) is 11.8. The third-order valence-electron chi connectivity index (χ3n) is 10.1.